The van der Waals surface area contributed by atoms with E-state index in [2.05, 4.69) is 6.92 Å². The van der Waals surface area contributed by atoms with E-state index in [1.807, 2.05) is 0 Å². The van der Waals surface area contributed by atoms with Gasteiger partial charge in [0, 0.05) is 0 Å². The van der Waals surface area contributed by atoms with Gasteiger partial charge in [0.2, 0.25) is 0 Å². The molecule has 0 nitrogen and oxygen atoms in total. The molecule has 0 bridgehead atoms. The van der Waals surface area contributed by atoms with Crippen LogP contribution in [0.25, 0.3) is 0 Å². The Morgan fingerprint density at radius 2 is 1.92 bits per heavy atom. The van der Waals surface area contributed by atoms with Gasteiger partial charge >= 0.3 is 0 Å². The molecule has 12 heavy (non-hydrogen) atoms. The van der Waals surface area contributed by atoms with Gasteiger partial charge in [-0.05, 0) is 30.2 Å². The van der Waals surface area contributed by atoms with Gasteiger partial charge in [-0.3, -0.25) is 0 Å². The maximum absolute atomic E-state index is 6.62. The lowest BCUT2D eigenvalue weighted by Crippen LogP contribution is -2.33. The van der Waals surface area contributed by atoms with Crippen LogP contribution in [0.2, 0.25) is 30.2 Å². The first kappa shape index (κ1) is 11.1. The summed E-state index contributed by atoms with van der Waals surface area (Å²) in [4.78, 5) is 0. The zero-order valence-corrected chi connectivity index (χ0v) is 11.4. The standard InChI is InChI=1S/C8H18Cl2Si2/c1-2-3-6-12(10)7-4-11(9)5-8-12/h11H,2-8H2,1H3. The summed E-state index contributed by atoms with van der Waals surface area (Å²) in [5, 5.41) is 0. The summed E-state index contributed by atoms with van der Waals surface area (Å²) in [6, 6.07) is 6.58. The van der Waals surface area contributed by atoms with Crippen molar-refractivity contribution in [3.05, 3.63) is 0 Å². The fourth-order valence-corrected chi connectivity index (χ4v) is 14.8. The van der Waals surface area contributed by atoms with Gasteiger partial charge in [0.15, 0.2) is 7.38 Å². The Bertz CT molecular complexity index is 128. The van der Waals surface area contributed by atoms with Crippen molar-refractivity contribution in [1.29, 1.82) is 0 Å². The van der Waals surface area contributed by atoms with Crippen LogP contribution in [-0.2, 0) is 0 Å². The second-order valence-corrected chi connectivity index (χ2v) is 14.3. The van der Waals surface area contributed by atoms with E-state index in [0.29, 0.717) is 0 Å². The van der Waals surface area contributed by atoms with Gasteiger partial charge in [-0.2, -0.15) is 22.2 Å². The van der Waals surface area contributed by atoms with Gasteiger partial charge in [-0.1, -0.05) is 19.8 Å². The van der Waals surface area contributed by atoms with Crippen molar-refractivity contribution in [2.75, 3.05) is 0 Å². The Morgan fingerprint density at radius 1 is 1.33 bits per heavy atom. The Hall–Kier alpha value is 1.01. The lowest BCUT2D eigenvalue weighted by molar-refractivity contribution is 0.862. The molecule has 0 aromatic carbocycles. The molecule has 0 radical (unpaired) electrons. The lowest BCUT2D eigenvalue weighted by atomic mass is 10.4. The van der Waals surface area contributed by atoms with Crippen molar-refractivity contribution in [2.45, 2.75) is 50.0 Å². The van der Waals surface area contributed by atoms with E-state index in [9.17, 15) is 0 Å². The van der Waals surface area contributed by atoms with Crippen molar-refractivity contribution in [3.8, 4) is 0 Å². The van der Waals surface area contributed by atoms with Crippen LogP contribution in [0.15, 0.2) is 0 Å². The first-order valence-electron chi connectivity index (χ1n) is 4.99. The third-order valence-electron chi connectivity index (χ3n) is 2.79. The molecule has 1 saturated heterocycles. The third-order valence-corrected chi connectivity index (χ3v) is 12.4. The van der Waals surface area contributed by atoms with Crippen molar-refractivity contribution >= 4 is 37.6 Å². The first-order valence-corrected chi connectivity index (χ1v) is 12.0. The predicted octanol–water partition coefficient (Wildman–Crippen LogP) is 3.95. The highest BCUT2D eigenvalue weighted by Gasteiger charge is 2.35. The topological polar surface area (TPSA) is 0 Å². The van der Waals surface area contributed by atoms with Gasteiger partial charge in [0.05, 0.1) is 0 Å². The second-order valence-electron chi connectivity index (χ2n) is 3.93. The number of hydrogen-bond donors (Lipinski definition) is 0. The number of rotatable bonds is 3. The van der Waals surface area contributed by atoms with Crippen molar-refractivity contribution in [3.63, 3.8) is 0 Å². The second kappa shape index (κ2) is 5.03. The summed E-state index contributed by atoms with van der Waals surface area (Å²) in [5.74, 6) is 0. The van der Waals surface area contributed by atoms with Crippen LogP contribution in [0.4, 0.5) is 0 Å². The molecule has 0 atom stereocenters. The van der Waals surface area contributed by atoms with Crippen LogP contribution >= 0.6 is 22.2 Å². The molecule has 0 spiro atoms. The SMILES string of the molecule is CCCC[Si]1(Cl)CC[SiH](Cl)CC1. The summed E-state index contributed by atoms with van der Waals surface area (Å²) in [6.45, 7) is 2.25. The minimum absolute atomic E-state index is 0.788. The van der Waals surface area contributed by atoms with Gasteiger partial charge in [0.25, 0.3) is 0 Å². The van der Waals surface area contributed by atoms with E-state index in [1.165, 1.54) is 43.1 Å². The van der Waals surface area contributed by atoms with Gasteiger partial charge in [0.1, 0.15) is 8.11 Å². The molecule has 4 heteroatoms. The average Bonchev–Trinajstić information content (AvgIpc) is 2.08. The minimum atomic E-state index is -1.28. The number of halogens is 2. The number of hydrogen-bond acceptors (Lipinski definition) is 0. The molecule has 0 unspecified atom stereocenters. The van der Waals surface area contributed by atoms with E-state index in [1.54, 1.807) is 0 Å². The number of unbranched alkanes of at least 4 members (excludes halogenated alkanes) is 1. The van der Waals surface area contributed by atoms with Crippen LogP contribution in [-0.4, -0.2) is 15.5 Å². The normalized spacial score (nSPS) is 36.8. The first-order chi connectivity index (χ1) is 5.66. The average molecular weight is 241 g/mol. The molecule has 1 rings (SSSR count). The molecule has 0 aromatic rings. The maximum atomic E-state index is 6.62. The summed E-state index contributed by atoms with van der Waals surface area (Å²) < 4.78 is 0. The van der Waals surface area contributed by atoms with Crippen LogP contribution in [0.3, 0.4) is 0 Å². The van der Waals surface area contributed by atoms with Crippen molar-refractivity contribution in [1.82, 2.24) is 0 Å². The van der Waals surface area contributed by atoms with Crippen LogP contribution < -0.4 is 0 Å². The highest BCUT2D eigenvalue weighted by atomic mass is 35.6. The third kappa shape index (κ3) is 3.40. The van der Waals surface area contributed by atoms with Gasteiger partial charge in [-0.25, -0.2) is 0 Å². The zero-order valence-electron chi connectivity index (χ0n) is 7.78. The zero-order chi connectivity index (χ0) is 9.03. The summed E-state index contributed by atoms with van der Waals surface area (Å²) in [5.41, 5.74) is 0. The van der Waals surface area contributed by atoms with Crippen molar-refractivity contribution in [2.24, 2.45) is 0 Å². The monoisotopic (exact) mass is 240 g/mol. The van der Waals surface area contributed by atoms with E-state index < -0.39 is 15.5 Å². The summed E-state index contributed by atoms with van der Waals surface area (Å²) >= 11 is 12.8. The van der Waals surface area contributed by atoms with Crippen LogP contribution in [0, 0.1) is 0 Å². The highest BCUT2D eigenvalue weighted by Crippen LogP contribution is 2.37. The Balaban J connectivity index is 2.29. The molecule has 1 aliphatic heterocycles. The van der Waals surface area contributed by atoms with Gasteiger partial charge < -0.3 is 0 Å². The van der Waals surface area contributed by atoms with Crippen molar-refractivity contribution < 1.29 is 0 Å². The molecule has 0 aromatic heterocycles. The Morgan fingerprint density at radius 3 is 2.42 bits per heavy atom. The highest BCUT2D eigenvalue weighted by molar-refractivity contribution is 7.22. The largest absolute Gasteiger partial charge is 0.172 e. The molecular formula is C8H18Cl2Si2. The smallest absolute Gasteiger partial charge is 0.156 e. The molecule has 0 saturated carbocycles. The molecule has 1 heterocycles. The summed E-state index contributed by atoms with van der Waals surface area (Å²) in [7, 11) is -2.06. The van der Waals surface area contributed by atoms with Gasteiger partial charge in [-0.15, -0.1) is 0 Å². The summed E-state index contributed by atoms with van der Waals surface area (Å²) in [6.07, 6.45) is 2.63. The fourth-order valence-electron chi connectivity index (χ4n) is 1.84. The molecule has 1 aliphatic rings. The molecular weight excluding hydrogens is 223 g/mol. The van der Waals surface area contributed by atoms with E-state index >= 15 is 0 Å². The quantitative estimate of drug-likeness (QED) is 0.518. The predicted molar refractivity (Wildman–Crippen MR) is 63.6 cm³/mol. The Labute approximate surface area is 87.7 Å². The molecule has 0 amide bonds. The molecule has 1 fully saturated rings. The Kier molecular flexibility index (Phi) is 4.65. The molecule has 0 aliphatic carbocycles. The van der Waals surface area contributed by atoms with E-state index in [4.69, 9.17) is 22.2 Å². The van der Waals surface area contributed by atoms with Crippen LogP contribution in [0.1, 0.15) is 19.8 Å². The molecule has 0 N–H and O–H groups in total. The fraction of sp³-hybridized carbons (Fsp3) is 1.00. The lowest BCUT2D eigenvalue weighted by Gasteiger charge is -2.30. The molecule has 72 valence electrons. The maximum Gasteiger partial charge on any atom is 0.156 e. The van der Waals surface area contributed by atoms with E-state index in [-0.39, 0.29) is 0 Å². The van der Waals surface area contributed by atoms with E-state index in [0.717, 1.165) is 0 Å². The van der Waals surface area contributed by atoms with Crippen LogP contribution in [0.5, 0.6) is 0 Å². The minimum Gasteiger partial charge on any atom is -0.172 e.